The van der Waals surface area contributed by atoms with E-state index in [1.807, 2.05) is 0 Å². The predicted octanol–water partition coefficient (Wildman–Crippen LogP) is 3.92. The first kappa shape index (κ1) is 12.2. The van der Waals surface area contributed by atoms with Crippen molar-refractivity contribution in [2.75, 3.05) is 0 Å². The first-order valence-corrected chi connectivity index (χ1v) is 6.77. The highest BCUT2D eigenvalue weighted by Gasteiger charge is 2.48. The van der Waals surface area contributed by atoms with Gasteiger partial charge in [0.25, 0.3) is 0 Å². The first-order chi connectivity index (χ1) is 7.37. The molecule has 1 nitrogen and oxygen atoms in total. The monoisotopic (exact) mass is 222 g/mol. The van der Waals surface area contributed by atoms with Crippen LogP contribution in [0.5, 0.6) is 0 Å². The lowest BCUT2D eigenvalue weighted by Crippen LogP contribution is -2.48. The van der Waals surface area contributed by atoms with Crippen LogP contribution >= 0.6 is 0 Å². The van der Waals surface area contributed by atoms with Gasteiger partial charge in [-0.1, -0.05) is 32.9 Å². The van der Waals surface area contributed by atoms with Crippen molar-refractivity contribution in [3.8, 4) is 0 Å². The van der Waals surface area contributed by atoms with E-state index in [9.17, 15) is 5.11 Å². The Balaban J connectivity index is 2.21. The maximum absolute atomic E-state index is 10.7. The molecule has 0 aromatic rings. The van der Waals surface area contributed by atoms with E-state index in [2.05, 4.69) is 27.4 Å². The Morgan fingerprint density at radius 1 is 1.31 bits per heavy atom. The van der Waals surface area contributed by atoms with Crippen LogP contribution in [0.1, 0.15) is 59.3 Å². The predicted molar refractivity (Wildman–Crippen MR) is 68.2 cm³/mol. The molecule has 0 amide bonds. The van der Waals surface area contributed by atoms with Gasteiger partial charge in [0.15, 0.2) is 0 Å². The summed E-state index contributed by atoms with van der Waals surface area (Å²) in [6.07, 6.45) is 6.89. The van der Waals surface area contributed by atoms with E-state index in [4.69, 9.17) is 0 Å². The van der Waals surface area contributed by atoms with Crippen LogP contribution in [0, 0.1) is 17.3 Å². The number of rotatable bonds is 1. The SMILES string of the molecule is C=C1CCC[C@]2(C)CC[C@@](O)(C(C)C)C[C@H]12. The molecule has 0 spiro atoms. The van der Waals surface area contributed by atoms with Gasteiger partial charge in [0, 0.05) is 0 Å². The molecule has 0 saturated heterocycles. The fraction of sp³-hybridized carbons (Fsp3) is 0.867. The van der Waals surface area contributed by atoms with Crippen molar-refractivity contribution in [3.63, 3.8) is 0 Å². The molecule has 0 aromatic carbocycles. The van der Waals surface area contributed by atoms with Gasteiger partial charge in [0.2, 0.25) is 0 Å². The van der Waals surface area contributed by atoms with Crippen LogP contribution in [0.4, 0.5) is 0 Å². The molecule has 92 valence electrons. The summed E-state index contributed by atoms with van der Waals surface area (Å²) in [5, 5.41) is 10.7. The van der Waals surface area contributed by atoms with Crippen LogP contribution in [0.15, 0.2) is 12.2 Å². The lowest BCUT2D eigenvalue weighted by atomic mass is 9.54. The number of aliphatic hydroxyl groups is 1. The van der Waals surface area contributed by atoms with Crippen molar-refractivity contribution in [2.45, 2.75) is 64.9 Å². The first-order valence-electron chi connectivity index (χ1n) is 6.77. The zero-order chi connectivity index (χ0) is 12.0. The fourth-order valence-electron chi connectivity index (χ4n) is 3.73. The van der Waals surface area contributed by atoms with Crippen LogP contribution in [0.25, 0.3) is 0 Å². The van der Waals surface area contributed by atoms with E-state index in [-0.39, 0.29) is 0 Å². The normalized spacial score (nSPS) is 44.6. The number of hydrogen-bond donors (Lipinski definition) is 1. The number of fused-ring (bicyclic) bond motifs is 1. The molecule has 2 aliphatic rings. The summed E-state index contributed by atoms with van der Waals surface area (Å²) in [5.41, 5.74) is 1.38. The third-order valence-corrected chi connectivity index (χ3v) is 5.34. The number of hydrogen-bond acceptors (Lipinski definition) is 1. The summed E-state index contributed by atoms with van der Waals surface area (Å²) in [4.78, 5) is 0. The van der Waals surface area contributed by atoms with E-state index >= 15 is 0 Å². The Bertz CT molecular complexity index is 294. The molecule has 1 heteroatoms. The smallest absolute Gasteiger partial charge is 0.0676 e. The van der Waals surface area contributed by atoms with Crippen molar-refractivity contribution < 1.29 is 5.11 Å². The average Bonchev–Trinajstić information content (AvgIpc) is 2.21. The highest BCUT2D eigenvalue weighted by atomic mass is 16.3. The molecule has 0 aromatic heterocycles. The van der Waals surface area contributed by atoms with Gasteiger partial charge < -0.3 is 5.11 Å². The second-order valence-corrected chi connectivity index (χ2v) is 6.68. The summed E-state index contributed by atoms with van der Waals surface area (Å²) in [7, 11) is 0. The Kier molecular flexibility index (Phi) is 2.94. The average molecular weight is 222 g/mol. The quantitative estimate of drug-likeness (QED) is 0.667. The maximum Gasteiger partial charge on any atom is 0.0676 e. The van der Waals surface area contributed by atoms with E-state index in [0.717, 1.165) is 12.8 Å². The lowest BCUT2D eigenvalue weighted by Gasteiger charge is -2.52. The second kappa shape index (κ2) is 3.87. The van der Waals surface area contributed by atoms with Crippen LogP contribution in [0.2, 0.25) is 0 Å². The van der Waals surface area contributed by atoms with Crippen LogP contribution in [-0.4, -0.2) is 10.7 Å². The molecule has 0 heterocycles. The van der Waals surface area contributed by atoms with Gasteiger partial charge in [-0.3, -0.25) is 0 Å². The fourth-order valence-corrected chi connectivity index (χ4v) is 3.73. The molecule has 3 atom stereocenters. The zero-order valence-electron chi connectivity index (χ0n) is 11.1. The molecule has 0 radical (unpaired) electrons. The van der Waals surface area contributed by atoms with Gasteiger partial charge in [-0.2, -0.15) is 0 Å². The minimum Gasteiger partial charge on any atom is -0.390 e. The van der Waals surface area contributed by atoms with Crippen LogP contribution in [0.3, 0.4) is 0 Å². The van der Waals surface area contributed by atoms with Crippen molar-refractivity contribution in [3.05, 3.63) is 12.2 Å². The van der Waals surface area contributed by atoms with E-state index < -0.39 is 5.60 Å². The van der Waals surface area contributed by atoms with Gasteiger partial charge in [-0.05, 0) is 55.8 Å². The van der Waals surface area contributed by atoms with E-state index in [1.54, 1.807) is 0 Å². The molecule has 2 fully saturated rings. The minimum atomic E-state index is -0.440. The van der Waals surface area contributed by atoms with Crippen LogP contribution in [-0.2, 0) is 0 Å². The van der Waals surface area contributed by atoms with E-state index in [0.29, 0.717) is 17.3 Å². The molecule has 2 saturated carbocycles. The second-order valence-electron chi connectivity index (χ2n) is 6.68. The highest BCUT2D eigenvalue weighted by Crippen LogP contribution is 2.55. The minimum absolute atomic E-state index is 0.367. The number of allylic oxidation sites excluding steroid dienone is 1. The van der Waals surface area contributed by atoms with Crippen molar-refractivity contribution >= 4 is 0 Å². The highest BCUT2D eigenvalue weighted by molar-refractivity contribution is 5.14. The molecular weight excluding hydrogens is 196 g/mol. The molecule has 16 heavy (non-hydrogen) atoms. The van der Waals surface area contributed by atoms with Gasteiger partial charge in [-0.15, -0.1) is 0 Å². The summed E-state index contributed by atoms with van der Waals surface area (Å²) in [5.74, 6) is 0.925. The molecule has 1 N–H and O–H groups in total. The molecular formula is C15H26O. The molecule has 0 bridgehead atoms. The Labute approximate surface area is 99.9 Å². The van der Waals surface area contributed by atoms with Gasteiger partial charge >= 0.3 is 0 Å². The van der Waals surface area contributed by atoms with Crippen molar-refractivity contribution in [1.82, 2.24) is 0 Å². The molecule has 0 unspecified atom stereocenters. The van der Waals surface area contributed by atoms with Crippen molar-refractivity contribution in [2.24, 2.45) is 17.3 Å². The Morgan fingerprint density at radius 3 is 2.62 bits per heavy atom. The maximum atomic E-state index is 10.7. The van der Waals surface area contributed by atoms with Crippen molar-refractivity contribution in [1.29, 1.82) is 0 Å². The molecule has 0 aliphatic heterocycles. The molecule has 2 aliphatic carbocycles. The summed E-state index contributed by atoms with van der Waals surface area (Å²) >= 11 is 0. The summed E-state index contributed by atoms with van der Waals surface area (Å²) < 4.78 is 0. The zero-order valence-corrected chi connectivity index (χ0v) is 11.1. The summed E-state index contributed by atoms with van der Waals surface area (Å²) in [6.45, 7) is 11.0. The lowest BCUT2D eigenvalue weighted by molar-refractivity contribution is -0.0915. The third-order valence-electron chi connectivity index (χ3n) is 5.34. The Hall–Kier alpha value is -0.300. The van der Waals surface area contributed by atoms with Gasteiger partial charge in [0.05, 0.1) is 5.60 Å². The van der Waals surface area contributed by atoms with Gasteiger partial charge in [-0.25, -0.2) is 0 Å². The molecule has 2 rings (SSSR count). The topological polar surface area (TPSA) is 20.2 Å². The van der Waals surface area contributed by atoms with Gasteiger partial charge in [0.1, 0.15) is 0 Å². The Morgan fingerprint density at radius 2 is 2.00 bits per heavy atom. The third kappa shape index (κ3) is 1.84. The van der Waals surface area contributed by atoms with E-state index in [1.165, 1.54) is 31.3 Å². The standard InChI is InChI=1S/C15H26O/c1-11(2)15(16)9-8-14(4)7-5-6-12(3)13(14)10-15/h11,13,16H,3,5-10H2,1-2,4H3/t13-,14-,15+/m1/s1. The largest absolute Gasteiger partial charge is 0.390 e. The van der Waals surface area contributed by atoms with Crippen LogP contribution < -0.4 is 0 Å². The summed E-state index contributed by atoms with van der Waals surface area (Å²) in [6, 6.07) is 0.